The molecular weight excluding hydrogens is 246 g/mol. The van der Waals surface area contributed by atoms with E-state index >= 15 is 0 Å². The molecule has 2 heterocycles. The van der Waals surface area contributed by atoms with Crippen LogP contribution in [-0.2, 0) is 6.42 Å². The first-order chi connectivity index (χ1) is 9.83. The van der Waals surface area contributed by atoms with Gasteiger partial charge < -0.3 is 4.90 Å². The van der Waals surface area contributed by atoms with E-state index in [0.717, 1.165) is 31.0 Å². The maximum absolute atomic E-state index is 4.51. The molecule has 1 fully saturated rings. The Bertz CT molecular complexity index is 553. The first kappa shape index (κ1) is 13.1. The Hall–Kier alpha value is -1.90. The van der Waals surface area contributed by atoms with Crippen LogP contribution < -0.4 is 4.90 Å². The maximum Gasteiger partial charge on any atom is 0.150 e. The second-order valence-corrected chi connectivity index (χ2v) is 5.61. The van der Waals surface area contributed by atoms with Gasteiger partial charge in [0.25, 0.3) is 0 Å². The van der Waals surface area contributed by atoms with E-state index in [9.17, 15) is 0 Å². The molecule has 1 aliphatic heterocycles. The van der Waals surface area contributed by atoms with Gasteiger partial charge in [-0.25, -0.2) is 4.98 Å². The molecule has 0 bridgehead atoms. The molecular formula is C17H21N3. The molecule has 104 valence electrons. The number of aromatic nitrogens is 2. The van der Waals surface area contributed by atoms with Crippen molar-refractivity contribution in [1.29, 1.82) is 0 Å². The minimum absolute atomic E-state index is 0.715. The zero-order chi connectivity index (χ0) is 13.8. The number of hydrogen-bond acceptors (Lipinski definition) is 3. The van der Waals surface area contributed by atoms with Crippen LogP contribution in [0.3, 0.4) is 0 Å². The molecule has 3 rings (SSSR count). The fourth-order valence-electron chi connectivity index (χ4n) is 3.08. The van der Waals surface area contributed by atoms with Gasteiger partial charge in [0.1, 0.15) is 5.82 Å². The molecule has 0 saturated carbocycles. The predicted molar refractivity (Wildman–Crippen MR) is 81.9 cm³/mol. The van der Waals surface area contributed by atoms with Crippen LogP contribution in [0.5, 0.6) is 0 Å². The number of benzene rings is 1. The van der Waals surface area contributed by atoms with Crippen LogP contribution in [0.4, 0.5) is 5.82 Å². The smallest absolute Gasteiger partial charge is 0.150 e. The lowest BCUT2D eigenvalue weighted by molar-refractivity contribution is 0.410. The Balaban J connectivity index is 1.69. The van der Waals surface area contributed by atoms with Crippen molar-refractivity contribution in [2.45, 2.75) is 26.2 Å². The van der Waals surface area contributed by atoms with E-state index in [2.05, 4.69) is 45.2 Å². The second kappa shape index (κ2) is 6.04. The van der Waals surface area contributed by atoms with Crippen molar-refractivity contribution in [1.82, 2.24) is 9.97 Å². The highest BCUT2D eigenvalue weighted by molar-refractivity contribution is 5.42. The Morgan fingerprint density at radius 3 is 2.75 bits per heavy atom. The lowest BCUT2D eigenvalue weighted by Gasteiger charge is -2.34. The quantitative estimate of drug-likeness (QED) is 0.855. The highest BCUT2D eigenvalue weighted by atomic mass is 15.2. The van der Waals surface area contributed by atoms with Gasteiger partial charge in [-0.15, -0.1) is 0 Å². The second-order valence-electron chi connectivity index (χ2n) is 5.61. The van der Waals surface area contributed by atoms with Crippen LogP contribution in [-0.4, -0.2) is 23.1 Å². The Labute approximate surface area is 120 Å². The van der Waals surface area contributed by atoms with E-state index in [0.29, 0.717) is 5.92 Å². The van der Waals surface area contributed by atoms with Gasteiger partial charge in [-0.3, -0.25) is 4.98 Å². The Morgan fingerprint density at radius 2 is 1.95 bits per heavy atom. The molecule has 1 atom stereocenters. The van der Waals surface area contributed by atoms with Gasteiger partial charge in [-0.05, 0) is 37.7 Å². The molecule has 1 aromatic heterocycles. The summed E-state index contributed by atoms with van der Waals surface area (Å²) < 4.78 is 0. The topological polar surface area (TPSA) is 29.0 Å². The minimum atomic E-state index is 0.715. The molecule has 3 nitrogen and oxygen atoms in total. The van der Waals surface area contributed by atoms with Gasteiger partial charge in [0.2, 0.25) is 0 Å². The van der Waals surface area contributed by atoms with E-state index in [-0.39, 0.29) is 0 Å². The van der Waals surface area contributed by atoms with Gasteiger partial charge in [0.15, 0.2) is 0 Å². The number of rotatable bonds is 3. The average molecular weight is 267 g/mol. The number of nitrogens with zero attached hydrogens (tertiary/aromatic N) is 3. The molecule has 3 heteroatoms. The van der Waals surface area contributed by atoms with E-state index in [1.165, 1.54) is 18.4 Å². The summed E-state index contributed by atoms with van der Waals surface area (Å²) >= 11 is 0. The van der Waals surface area contributed by atoms with Crippen molar-refractivity contribution < 1.29 is 0 Å². The number of aryl methyl sites for hydroxylation is 1. The zero-order valence-corrected chi connectivity index (χ0v) is 12.0. The van der Waals surface area contributed by atoms with Crippen LogP contribution in [0.2, 0.25) is 0 Å². The van der Waals surface area contributed by atoms with E-state index in [1.807, 2.05) is 6.92 Å². The average Bonchev–Trinajstić information content (AvgIpc) is 2.49. The van der Waals surface area contributed by atoms with Gasteiger partial charge >= 0.3 is 0 Å². The molecule has 2 aromatic rings. The molecule has 1 aliphatic rings. The first-order valence-corrected chi connectivity index (χ1v) is 7.39. The van der Waals surface area contributed by atoms with Crippen LogP contribution >= 0.6 is 0 Å². The fourth-order valence-corrected chi connectivity index (χ4v) is 3.08. The van der Waals surface area contributed by atoms with Gasteiger partial charge in [-0.2, -0.15) is 0 Å². The molecule has 1 saturated heterocycles. The SMILES string of the molecule is Cc1nccnc1N1CCCC(Cc2ccccc2)C1. The largest absolute Gasteiger partial charge is 0.355 e. The summed E-state index contributed by atoms with van der Waals surface area (Å²) in [6.07, 6.45) is 7.28. The van der Waals surface area contributed by atoms with Crippen LogP contribution in [0.1, 0.15) is 24.1 Å². The summed E-state index contributed by atoms with van der Waals surface area (Å²) in [4.78, 5) is 11.3. The van der Waals surface area contributed by atoms with Crippen molar-refractivity contribution in [2.24, 2.45) is 5.92 Å². The maximum atomic E-state index is 4.51. The number of hydrogen-bond donors (Lipinski definition) is 0. The number of piperidine rings is 1. The summed E-state index contributed by atoms with van der Waals surface area (Å²) in [5.74, 6) is 1.78. The van der Waals surface area contributed by atoms with Crippen LogP contribution in [0.15, 0.2) is 42.7 Å². The van der Waals surface area contributed by atoms with Crippen molar-refractivity contribution in [3.8, 4) is 0 Å². The van der Waals surface area contributed by atoms with Crippen LogP contribution in [0, 0.1) is 12.8 Å². The Morgan fingerprint density at radius 1 is 1.15 bits per heavy atom. The minimum Gasteiger partial charge on any atom is -0.355 e. The first-order valence-electron chi connectivity index (χ1n) is 7.39. The molecule has 0 spiro atoms. The molecule has 0 aliphatic carbocycles. The summed E-state index contributed by atoms with van der Waals surface area (Å²) in [7, 11) is 0. The normalized spacial score (nSPS) is 19.1. The molecule has 0 amide bonds. The van der Waals surface area contributed by atoms with Crippen molar-refractivity contribution in [3.63, 3.8) is 0 Å². The van der Waals surface area contributed by atoms with Crippen molar-refractivity contribution in [3.05, 3.63) is 54.0 Å². The monoisotopic (exact) mass is 267 g/mol. The highest BCUT2D eigenvalue weighted by Gasteiger charge is 2.22. The molecule has 0 N–H and O–H groups in total. The van der Waals surface area contributed by atoms with Gasteiger partial charge in [0.05, 0.1) is 5.69 Å². The fraction of sp³-hybridized carbons (Fsp3) is 0.412. The molecule has 20 heavy (non-hydrogen) atoms. The highest BCUT2D eigenvalue weighted by Crippen LogP contribution is 2.25. The lowest BCUT2D eigenvalue weighted by Crippen LogP contribution is -2.37. The van der Waals surface area contributed by atoms with Gasteiger partial charge in [0, 0.05) is 25.5 Å². The Kier molecular flexibility index (Phi) is 3.95. The molecule has 1 aromatic carbocycles. The lowest BCUT2D eigenvalue weighted by atomic mass is 9.91. The summed E-state index contributed by atoms with van der Waals surface area (Å²) in [5, 5.41) is 0. The van der Waals surface area contributed by atoms with E-state index in [4.69, 9.17) is 0 Å². The van der Waals surface area contributed by atoms with Crippen molar-refractivity contribution in [2.75, 3.05) is 18.0 Å². The third-order valence-corrected chi connectivity index (χ3v) is 4.04. The summed E-state index contributed by atoms with van der Waals surface area (Å²) in [6.45, 7) is 4.24. The molecule has 0 radical (unpaired) electrons. The number of anilines is 1. The zero-order valence-electron chi connectivity index (χ0n) is 12.0. The van der Waals surface area contributed by atoms with Crippen LogP contribution in [0.25, 0.3) is 0 Å². The third-order valence-electron chi connectivity index (χ3n) is 4.04. The predicted octanol–water partition coefficient (Wildman–Crippen LogP) is 3.24. The van der Waals surface area contributed by atoms with E-state index < -0.39 is 0 Å². The standard InChI is InChI=1S/C17H21N3/c1-14-17(19-10-9-18-14)20-11-5-8-16(13-20)12-15-6-3-2-4-7-15/h2-4,6-7,9-10,16H,5,8,11-13H2,1H3. The summed E-state index contributed by atoms with van der Waals surface area (Å²) in [6, 6.07) is 10.8. The van der Waals surface area contributed by atoms with E-state index in [1.54, 1.807) is 12.4 Å². The van der Waals surface area contributed by atoms with Gasteiger partial charge in [-0.1, -0.05) is 30.3 Å². The third kappa shape index (κ3) is 2.98. The molecule has 1 unspecified atom stereocenters. The van der Waals surface area contributed by atoms with Crippen molar-refractivity contribution >= 4 is 5.82 Å². The summed E-state index contributed by atoms with van der Waals surface area (Å²) in [5.41, 5.74) is 2.48.